The van der Waals surface area contributed by atoms with Gasteiger partial charge in [-0.1, -0.05) is 17.7 Å². The molecular formula is C29H30N8O3S. The van der Waals surface area contributed by atoms with E-state index in [-0.39, 0.29) is 18.6 Å². The molecule has 1 saturated heterocycles. The maximum atomic E-state index is 12.7. The molecule has 0 saturated carbocycles. The van der Waals surface area contributed by atoms with Gasteiger partial charge in [-0.3, -0.25) is 14.8 Å². The Morgan fingerprint density at radius 2 is 1.93 bits per heavy atom. The van der Waals surface area contributed by atoms with Gasteiger partial charge in [-0.05, 0) is 74.1 Å². The molecule has 1 aliphatic heterocycles. The fourth-order valence-corrected chi connectivity index (χ4v) is 5.39. The van der Waals surface area contributed by atoms with Crippen molar-refractivity contribution in [2.75, 3.05) is 30.3 Å². The van der Waals surface area contributed by atoms with Gasteiger partial charge in [0, 0.05) is 41.6 Å². The fraction of sp³-hybridized carbons (Fsp3) is 0.241. The zero-order valence-electron chi connectivity index (χ0n) is 22.6. The van der Waals surface area contributed by atoms with Gasteiger partial charge in [0.05, 0.1) is 6.54 Å². The molecule has 12 heteroatoms. The molecule has 0 radical (unpaired) electrons. The largest absolute Gasteiger partial charge is 0.486 e. The van der Waals surface area contributed by atoms with Crippen molar-refractivity contribution in [1.29, 1.82) is 0 Å². The third-order valence-corrected chi connectivity index (χ3v) is 7.52. The Balaban J connectivity index is 1.04. The number of amides is 1. The number of ether oxygens (including phenoxy) is 1. The number of aliphatic hydroxyl groups excluding tert-OH is 1. The van der Waals surface area contributed by atoms with E-state index in [9.17, 15) is 9.90 Å². The number of benzene rings is 2. The second-order valence-corrected chi connectivity index (χ2v) is 11.1. The Kier molecular flexibility index (Phi) is 7.59. The smallest absolute Gasteiger partial charge is 0.238 e. The second-order valence-electron chi connectivity index (χ2n) is 10.0. The van der Waals surface area contributed by atoms with E-state index in [2.05, 4.69) is 25.9 Å². The molecular weight excluding hydrogens is 540 g/mol. The van der Waals surface area contributed by atoms with Crippen LogP contribution in [0.15, 0.2) is 83.0 Å². The number of hydrogen-bond donors (Lipinski definition) is 4. The topological polar surface area (TPSA) is 133 Å². The van der Waals surface area contributed by atoms with Gasteiger partial charge in [-0.25, -0.2) is 9.50 Å². The molecule has 1 fully saturated rings. The van der Waals surface area contributed by atoms with Crippen molar-refractivity contribution in [3.63, 3.8) is 0 Å². The van der Waals surface area contributed by atoms with E-state index < -0.39 is 6.10 Å². The van der Waals surface area contributed by atoms with Crippen LogP contribution in [-0.4, -0.2) is 72.6 Å². The predicted molar refractivity (Wildman–Crippen MR) is 157 cm³/mol. The number of likely N-dealkylation sites (tertiary alicyclic amines) is 1. The zero-order valence-corrected chi connectivity index (χ0v) is 23.4. The standard InChI is InChI=1S/C29H30N8O3S/c1-18-5-9-21(10-6-18)40-25-16-36(15-24(25)38)17-27(39)30-20-7-11-22(12-8-20)41-29-32-28(23-4-3-13-37(23)35-29)31-26-14-19(2)33-34-26/h3-14,24-25,38H,15-17H2,1-2H3,(H,30,39)(H2,31,32,33,34,35)/t24-,25-/m0/s1. The number of aromatic nitrogens is 5. The highest BCUT2D eigenvalue weighted by molar-refractivity contribution is 7.99. The average Bonchev–Trinajstić information content (AvgIpc) is 3.67. The molecule has 4 N–H and O–H groups in total. The van der Waals surface area contributed by atoms with Crippen LogP contribution in [0.1, 0.15) is 11.3 Å². The quantitative estimate of drug-likeness (QED) is 0.207. The minimum absolute atomic E-state index is 0.153. The average molecular weight is 571 g/mol. The first kappa shape index (κ1) is 26.8. The summed E-state index contributed by atoms with van der Waals surface area (Å²) in [7, 11) is 0. The van der Waals surface area contributed by atoms with Gasteiger partial charge in [-0.15, -0.1) is 5.10 Å². The molecule has 0 bridgehead atoms. The van der Waals surface area contributed by atoms with E-state index in [1.54, 1.807) is 4.52 Å². The van der Waals surface area contributed by atoms with Gasteiger partial charge in [0.15, 0.2) is 11.6 Å². The Bertz CT molecular complexity index is 1650. The van der Waals surface area contributed by atoms with Gasteiger partial charge >= 0.3 is 0 Å². The van der Waals surface area contributed by atoms with E-state index in [4.69, 9.17) is 9.72 Å². The van der Waals surface area contributed by atoms with E-state index in [0.29, 0.717) is 41.3 Å². The number of aromatic amines is 1. The monoisotopic (exact) mass is 570 g/mol. The van der Waals surface area contributed by atoms with E-state index in [0.717, 1.165) is 21.7 Å². The molecule has 2 aromatic carbocycles. The molecule has 0 unspecified atom stereocenters. The van der Waals surface area contributed by atoms with Crippen molar-refractivity contribution in [1.82, 2.24) is 29.7 Å². The van der Waals surface area contributed by atoms with Crippen LogP contribution in [0, 0.1) is 13.8 Å². The summed E-state index contributed by atoms with van der Waals surface area (Å²) in [5, 5.41) is 29.0. The summed E-state index contributed by atoms with van der Waals surface area (Å²) in [5.74, 6) is 1.89. The van der Waals surface area contributed by atoms with Crippen molar-refractivity contribution in [3.8, 4) is 5.75 Å². The van der Waals surface area contributed by atoms with E-state index >= 15 is 0 Å². The highest BCUT2D eigenvalue weighted by Gasteiger charge is 2.33. The van der Waals surface area contributed by atoms with Crippen LogP contribution < -0.4 is 15.4 Å². The molecule has 2 atom stereocenters. The zero-order chi connectivity index (χ0) is 28.3. The van der Waals surface area contributed by atoms with Crippen LogP contribution in [0.25, 0.3) is 5.52 Å². The third kappa shape index (κ3) is 6.51. The number of carbonyl (C=O) groups excluding carboxylic acids is 1. The number of hydrogen-bond acceptors (Lipinski definition) is 9. The van der Waals surface area contributed by atoms with Crippen LogP contribution in [0.2, 0.25) is 0 Å². The SMILES string of the molecule is Cc1ccc(O[C@H]2CN(CC(=O)Nc3ccc(Sc4nc(Nc5cc(C)[nH]n5)c5cccn5n4)cc3)C[C@@H]2O)cc1. The highest BCUT2D eigenvalue weighted by atomic mass is 32.2. The number of β-amino-alcohol motifs (C(OH)–C–C–N with tert-alkyl or cyclic N) is 1. The number of aryl methyl sites for hydroxylation is 2. The fourth-order valence-electron chi connectivity index (χ4n) is 4.64. The Morgan fingerprint density at radius 1 is 1.12 bits per heavy atom. The van der Waals surface area contributed by atoms with E-state index in [1.807, 2.05) is 91.7 Å². The molecule has 6 rings (SSSR count). The lowest BCUT2D eigenvalue weighted by Gasteiger charge is -2.17. The van der Waals surface area contributed by atoms with Crippen LogP contribution in [0.5, 0.6) is 5.75 Å². The summed E-state index contributed by atoms with van der Waals surface area (Å²) in [5.41, 5.74) is 3.61. The van der Waals surface area contributed by atoms with E-state index in [1.165, 1.54) is 11.8 Å². The summed E-state index contributed by atoms with van der Waals surface area (Å²) in [6, 6.07) is 21.0. The molecule has 11 nitrogen and oxygen atoms in total. The summed E-state index contributed by atoms with van der Waals surface area (Å²) >= 11 is 1.42. The molecule has 1 aliphatic rings. The molecule has 210 valence electrons. The van der Waals surface area contributed by atoms with Gasteiger partial charge < -0.3 is 20.5 Å². The first-order chi connectivity index (χ1) is 19.9. The van der Waals surface area contributed by atoms with Crippen molar-refractivity contribution >= 4 is 40.5 Å². The third-order valence-electron chi connectivity index (χ3n) is 6.66. The van der Waals surface area contributed by atoms with Crippen LogP contribution >= 0.6 is 11.8 Å². The minimum Gasteiger partial charge on any atom is -0.486 e. The van der Waals surface area contributed by atoms with Crippen molar-refractivity contribution in [2.45, 2.75) is 36.1 Å². The Morgan fingerprint density at radius 3 is 2.68 bits per heavy atom. The lowest BCUT2D eigenvalue weighted by atomic mass is 10.2. The van der Waals surface area contributed by atoms with Gasteiger partial charge in [0.2, 0.25) is 11.1 Å². The first-order valence-electron chi connectivity index (χ1n) is 13.2. The lowest BCUT2D eigenvalue weighted by Crippen LogP contribution is -2.33. The Labute approximate surface area is 240 Å². The summed E-state index contributed by atoms with van der Waals surface area (Å²) in [4.78, 5) is 20.2. The number of fused-ring (bicyclic) bond motifs is 1. The van der Waals surface area contributed by atoms with Gasteiger partial charge in [-0.2, -0.15) is 5.10 Å². The summed E-state index contributed by atoms with van der Waals surface area (Å²) < 4.78 is 7.72. The second kappa shape index (κ2) is 11.6. The van der Waals surface area contributed by atoms with Crippen LogP contribution in [0.3, 0.4) is 0 Å². The van der Waals surface area contributed by atoms with Crippen molar-refractivity contribution < 1.29 is 14.6 Å². The number of nitrogens with one attached hydrogen (secondary N) is 3. The highest BCUT2D eigenvalue weighted by Crippen LogP contribution is 2.29. The predicted octanol–water partition coefficient (Wildman–Crippen LogP) is 4.03. The number of H-pyrrole nitrogens is 1. The number of aliphatic hydroxyl groups is 1. The van der Waals surface area contributed by atoms with Gasteiger partial charge in [0.1, 0.15) is 23.5 Å². The van der Waals surface area contributed by atoms with Crippen molar-refractivity contribution in [3.05, 3.63) is 84.2 Å². The number of anilines is 3. The first-order valence-corrected chi connectivity index (χ1v) is 14.1. The molecule has 0 aliphatic carbocycles. The normalized spacial score (nSPS) is 17.1. The number of nitrogens with zero attached hydrogens (tertiary/aromatic N) is 5. The molecule has 5 aromatic rings. The molecule has 4 heterocycles. The Hall–Kier alpha value is -4.39. The molecule has 41 heavy (non-hydrogen) atoms. The maximum Gasteiger partial charge on any atom is 0.238 e. The molecule has 0 spiro atoms. The maximum absolute atomic E-state index is 12.7. The minimum atomic E-state index is -0.660. The lowest BCUT2D eigenvalue weighted by molar-refractivity contribution is -0.117. The number of rotatable bonds is 9. The van der Waals surface area contributed by atoms with Crippen molar-refractivity contribution in [2.24, 2.45) is 0 Å². The number of carbonyl (C=O) groups is 1. The molecule has 3 aromatic heterocycles. The van der Waals surface area contributed by atoms with Gasteiger partial charge in [0.25, 0.3) is 0 Å². The molecule has 1 amide bonds. The summed E-state index contributed by atoms with van der Waals surface area (Å²) in [6.45, 7) is 4.96. The van der Waals surface area contributed by atoms with Crippen LogP contribution in [0.4, 0.5) is 17.3 Å². The summed E-state index contributed by atoms with van der Waals surface area (Å²) in [6.07, 6.45) is 0.832. The van der Waals surface area contributed by atoms with Crippen LogP contribution in [-0.2, 0) is 4.79 Å².